The molecule has 2 aromatic carbocycles. The Hall–Kier alpha value is -6.06. The summed E-state index contributed by atoms with van der Waals surface area (Å²) in [5.41, 5.74) is 3.11. The molecule has 4 aromatic heterocycles. The summed E-state index contributed by atoms with van der Waals surface area (Å²) in [5.74, 6) is -3.32. The molecule has 6 aromatic rings. The highest BCUT2D eigenvalue weighted by atomic mass is 32.2. The van der Waals surface area contributed by atoms with Crippen molar-refractivity contribution in [1.82, 2.24) is 53.4 Å². The standard InChI is InChI=1S/C39H44F2N12O6S/c1-22(2)59-35-34(25-19-43-44-20-25)42-21-52-36(35)47-38(48-52)45-26-7-10-30(33(41)32(26)40)60(57,58)49(3)14-5-15-51-16-12-23(13-17-51)24-6-8-27-29(18-24)50(4)39(56)53(27)28-9-11-31(54)46-37(28)55/h6-8,10,18-23,28H,5,9,11-17H2,1-4H3,(H,43,44)(H,45,48)(H,46,54,55). The maximum atomic E-state index is 15.5. The number of hydrogen-bond acceptors (Lipinski definition) is 12. The summed E-state index contributed by atoms with van der Waals surface area (Å²) in [4.78, 5) is 47.7. The van der Waals surface area contributed by atoms with Crippen LogP contribution in [0.5, 0.6) is 5.75 Å². The van der Waals surface area contributed by atoms with Gasteiger partial charge in [-0.05, 0) is 94.9 Å². The van der Waals surface area contributed by atoms with Crippen LogP contribution >= 0.6 is 0 Å². The summed E-state index contributed by atoms with van der Waals surface area (Å²) in [7, 11) is -1.38. The summed E-state index contributed by atoms with van der Waals surface area (Å²) in [6.45, 7) is 5.87. The first-order valence-electron chi connectivity index (χ1n) is 19.6. The van der Waals surface area contributed by atoms with E-state index in [-0.39, 0.29) is 60.3 Å². The van der Waals surface area contributed by atoms with E-state index in [1.54, 1.807) is 19.4 Å². The highest BCUT2D eigenvalue weighted by Gasteiger charge is 2.32. The number of aryl methyl sites for hydroxylation is 1. The van der Waals surface area contributed by atoms with E-state index in [0.717, 1.165) is 47.9 Å². The van der Waals surface area contributed by atoms with Crippen LogP contribution in [-0.4, -0.2) is 108 Å². The molecule has 1 atom stereocenters. The Balaban J connectivity index is 0.875. The number of H-pyrrole nitrogens is 1. The van der Waals surface area contributed by atoms with Crippen LogP contribution in [0.1, 0.15) is 63.5 Å². The zero-order chi connectivity index (χ0) is 42.5. The number of ether oxygens (including phenoxy) is 1. The minimum Gasteiger partial charge on any atom is -0.485 e. The molecule has 0 saturated carbocycles. The monoisotopic (exact) mass is 846 g/mol. The van der Waals surface area contributed by atoms with Gasteiger partial charge in [0.05, 0.1) is 29.0 Å². The molecule has 2 saturated heterocycles. The lowest BCUT2D eigenvalue weighted by Gasteiger charge is -2.32. The molecule has 6 heterocycles. The second-order valence-corrected chi connectivity index (χ2v) is 17.4. The normalized spacial score (nSPS) is 17.0. The van der Waals surface area contributed by atoms with Gasteiger partial charge in [0, 0.05) is 38.8 Å². The molecule has 2 amide bonds. The Morgan fingerprint density at radius 1 is 1.05 bits per heavy atom. The van der Waals surface area contributed by atoms with Crippen LogP contribution in [0.25, 0.3) is 27.9 Å². The van der Waals surface area contributed by atoms with Gasteiger partial charge in [-0.15, -0.1) is 5.10 Å². The van der Waals surface area contributed by atoms with Crippen LogP contribution in [0.2, 0.25) is 0 Å². The molecule has 3 N–H and O–H groups in total. The Kier molecular flexibility index (Phi) is 11.0. The maximum absolute atomic E-state index is 15.5. The molecule has 0 spiro atoms. The van der Waals surface area contributed by atoms with Crippen LogP contribution in [0.3, 0.4) is 0 Å². The number of carbonyl (C=O) groups is 2. The van der Waals surface area contributed by atoms with Gasteiger partial charge < -0.3 is 15.0 Å². The number of rotatable bonds is 13. The molecular formula is C39H44F2N12O6S. The summed E-state index contributed by atoms with van der Waals surface area (Å²) in [6, 6.07) is 7.24. The van der Waals surface area contributed by atoms with Gasteiger partial charge in [0.15, 0.2) is 17.4 Å². The van der Waals surface area contributed by atoms with Gasteiger partial charge in [0.2, 0.25) is 33.4 Å². The molecule has 0 aliphatic carbocycles. The molecule has 18 nitrogen and oxygen atoms in total. The fourth-order valence-electron chi connectivity index (χ4n) is 7.93. The van der Waals surface area contributed by atoms with Crippen LogP contribution in [0.15, 0.2) is 58.7 Å². The molecule has 2 aliphatic heterocycles. The number of piperidine rings is 2. The Bertz CT molecular complexity index is 2780. The number of benzene rings is 2. The van der Waals surface area contributed by atoms with E-state index in [1.165, 1.54) is 27.0 Å². The number of fused-ring (bicyclic) bond motifs is 2. The second-order valence-electron chi connectivity index (χ2n) is 15.4. The number of aromatic nitrogens is 8. The highest BCUT2D eigenvalue weighted by Crippen LogP contribution is 2.34. The molecule has 0 radical (unpaired) electrons. The lowest BCUT2D eigenvalue weighted by Crippen LogP contribution is -2.44. The minimum atomic E-state index is -4.39. The highest BCUT2D eigenvalue weighted by molar-refractivity contribution is 7.89. The average Bonchev–Trinajstić information content (AvgIpc) is 3.96. The number of nitrogens with zero attached hydrogens (tertiary/aromatic N) is 9. The van der Waals surface area contributed by atoms with Gasteiger partial charge in [-0.1, -0.05) is 6.07 Å². The molecular weight excluding hydrogens is 803 g/mol. The number of imide groups is 1. The number of halogens is 2. The first-order chi connectivity index (χ1) is 28.7. The predicted molar refractivity (Wildman–Crippen MR) is 215 cm³/mol. The molecule has 21 heteroatoms. The van der Waals surface area contributed by atoms with Gasteiger partial charge in [0.25, 0.3) is 0 Å². The molecule has 8 rings (SSSR count). The number of anilines is 2. The first kappa shape index (κ1) is 40.7. The Morgan fingerprint density at radius 2 is 1.83 bits per heavy atom. The fraction of sp³-hybridized carbons (Fsp3) is 0.410. The Morgan fingerprint density at radius 3 is 2.55 bits per heavy atom. The maximum Gasteiger partial charge on any atom is 0.329 e. The number of carbonyl (C=O) groups excluding carboxylic acids is 2. The van der Waals surface area contributed by atoms with Crippen LogP contribution in [0, 0.1) is 11.6 Å². The van der Waals surface area contributed by atoms with Crippen LogP contribution < -0.4 is 21.1 Å². The van der Waals surface area contributed by atoms with Crippen molar-refractivity contribution in [1.29, 1.82) is 0 Å². The minimum absolute atomic E-state index is 0.0823. The SMILES string of the molecule is CC(C)Oc1c(-c2cn[nH]c2)ncn2nc(Nc3ccc(S(=O)(=O)N(C)CCCN4CCC(c5ccc6c(c5)n(C)c(=O)n6C5CCC(=O)NC5=O)CC4)c(F)c3F)nc12. The van der Waals surface area contributed by atoms with Crippen LogP contribution in [0.4, 0.5) is 20.4 Å². The summed E-state index contributed by atoms with van der Waals surface area (Å²) >= 11 is 0. The molecule has 2 fully saturated rings. The van der Waals surface area contributed by atoms with Gasteiger partial charge >= 0.3 is 5.69 Å². The molecule has 0 bridgehead atoms. The van der Waals surface area contributed by atoms with Crippen molar-refractivity contribution in [2.75, 3.05) is 38.5 Å². The zero-order valence-electron chi connectivity index (χ0n) is 33.4. The summed E-state index contributed by atoms with van der Waals surface area (Å²) < 4.78 is 69.3. The zero-order valence-corrected chi connectivity index (χ0v) is 34.2. The number of imidazole rings is 1. The summed E-state index contributed by atoms with van der Waals surface area (Å²) in [5, 5.41) is 15.9. The van der Waals surface area contributed by atoms with Crippen LogP contribution in [-0.2, 0) is 26.7 Å². The quantitative estimate of drug-likeness (QED) is 0.142. The van der Waals surface area contributed by atoms with Crippen molar-refractivity contribution < 1.29 is 31.5 Å². The lowest BCUT2D eigenvalue weighted by molar-refractivity contribution is -0.135. The number of nitrogens with one attached hydrogen (secondary N) is 3. The van der Waals surface area contributed by atoms with Crippen molar-refractivity contribution in [2.45, 2.75) is 68.9 Å². The fourth-order valence-corrected chi connectivity index (χ4v) is 9.19. The van der Waals surface area contributed by atoms with Gasteiger partial charge in [-0.2, -0.15) is 14.6 Å². The smallest absolute Gasteiger partial charge is 0.329 e. The van der Waals surface area contributed by atoms with Gasteiger partial charge in [-0.25, -0.2) is 31.3 Å². The topological polar surface area (TPSA) is 207 Å². The third kappa shape index (κ3) is 7.63. The third-order valence-electron chi connectivity index (χ3n) is 11.1. The number of amides is 2. The summed E-state index contributed by atoms with van der Waals surface area (Å²) in [6.07, 6.45) is 6.94. The lowest BCUT2D eigenvalue weighted by atomic mass is 9.89. The number of hydrogen-bond donors (Lipinski definition) is 3. The molecule has 316 valence electrons. The van der Waals surface area contributed by atoms with E-state index in [1.807, 2.05) is 32.0 Å². The molecule has 2 aliphatic rings. The predicted octanol–water partition coefficient (Wildman–Crippen LogP) is 3.84. The van der Waals surface area contributed by atoms with E-state index in [2.05, 4.69) is 40.8 Å². The van der Waals surface area contributed by atoms with Gasteiger partial charge in [0.1, 0.15) is 23.0 Å². The van der Waals surface area contributed by atoms with E-state index in [0.29, 0.717) is 41.0 Å². The third-order valence-corrected chi connectivity index (χ3v) is 13.0. The van der Waals surface area contributed by atoms with Crippen molar-refractivity contribution in [2.24, 2.45) is 7.05 Å². The van der Waals surface area contributed by atoms with Crippen molar-refractivity contribution in [3.05, 3.63) is 76.7 Å². The second kappa shape index (κ2) is 16.2. The van der Waals surface area contributed by atoms with E-state index >= 15 is 8.78 Å². The first-order valence-corrected chi connectivity index (χ1v) is 21.0. The number of sulfonamides is 1. The Labute approximate surface area is 342 Å². The van der Waals surface area contributed by atoms with E-state index < -0.39 is 38.5 Å². The van der Waals surface area contributed by atoms with E-state index in [9.17, 15) is 22.8 Å². The number of aromatic amines is 1. The van der Waals surface area contributed by atoms with Crippen molar-refractivity contribution in [3.63, 3.8) is 0 Å². The molecule has 60 heavy (non-hydrogen) atoms. The van der Waals surface area contributed by atoms with E-state index in [4.69, 9.17) is 4.74 Å². The number of likely N-dealkylation sites (tertiary alicyclic amines) is 1. The largest absolute Gasteiger partial charge is 0.485 e. The molecule has 1 unspecified atom stereocenters. The van der Waals surface area contributed by atoms with Crippen molar-refractivity contribution in [3.8, 4) is 17.0 Å². The van der Waals surface area contributed by atoms with Crippen molar-refractivity contribution >= 4 is 50.2 Å². The van der Waals surface area contributed by atoms with Gasteiger partial charge in [-0.3, -0.25) is 29.1 Å². The average molecular weight is 847 g/mol.